The topological polar surface area (TPSA) is 91.1 Å². The Bertz CT molecular complexity index is 600. The van der Waals surface area contributed by atoms with E-state index >= 15 is 0 Å². The van der Waals surface area contributed by atoms with Gasteiger partial charge in [-0.25, -0.2) is 4.39 Å². The number of aliphatic hydroxyl groups excluding tert-OH is 1. The maximum Gasteiger partial charge on any atom is 0.245 e. The van der Waals surface area contributed by atoms with Gasteiger partial charge in [0, 0.05) is 6.54 Å². The predicted octanol–water partition coefficient (Wildman–Crippen LogP) is 1.40. The highest BCUT2D eigenvalue weighted by atomic mass is 32.1. The first-order valence-corrected chi connectivity index (χ1v) is 6.44. The molecule has 0 aliphatic rings. The van der Waals surface area contributed by atoms with Crippen molar-refractivity contribution >= 4 is 17.4 Å². The summed E-state index contributed by atoms with van der Waals surface area (Å²) < 4.78 is 26.1. The summed E-state index contributed by atoms with van der Waals surface area (Å²) in [6.07, 6.45) is 0.622. The van der Waals surface area contributed by atoms with E-state index in [1.807, 2.05) is 0 Å². The molecule has 1 aromatic carbocycles. The molecule has 2 aromatic rings. The number of nitrogens with zero attached hydrogens (tertiary/aromatic N) is 3. The highest BCUT2D eigenvalue weighted by molar-refractivity contribution is 6.99. The molecule has 20 heavy (non-hydrogen) atoms. The molecule has 8 heteroatoms. The number of anilines is 1. The molecule has 0 amide bonds. The Morgan fingerprint density at radius 2 is 2.40 bits per heavy atom. The van der Waals surface area contributed by atoms with Crippen LogP contribution in [0.25, 0.3) is 0 Å². The average Bonchev–Trinajstić information content (AvgIpc) is 2.96. The number of hydrogen-bond donors (Lipinski definition) is 2. The summed E-state index contributed by atoms with van der Waals surface area (Å²) in [7, 11) is 0. The van der Waals surface area contributed by atoms with Crippen molar-refractivity contribution in [2.24, 2.45) is 0 Å². The normalized spacial score (nSPS) is 11.7. The minimum atomic E-state index is -0.827. The van der Waals surface area contributed by atoms with Crippen molar-refractivity contribution in [3.05, 3.63) is 35.8 Å². The predicted molar refractivity (Wildman–Crippen MR) is 71.0 cm³/mol. The first-order valence-electron chi connectivity index (χ1n) is 5.71. The van der Waals surface area contributed by atoms with Crippen LogP contribution in [-0.4, -0.2) is 33.1 Å². The molecule has 0 radical (unpaired) electrons. The lowest BCUT2D eigenvalue weighted by molar-refractivity contribution is 0.115. The molecule has 2 N–H and O–H groups in total. The third-order valence-corrected chi connectivity index (χ3v) is 2.88. The molecule has 104 valence electrons. The molecule has 1 atom stereocenters. The Hall–Kier alpha value is -2.24. The Morgan fingerprint density at radius 3 is 3.10 bits per heavy atom. The fourth-order valence-electron chi connectivity index (χ4n) is 1.47. The minimum absolute atomic E-state index is 0.0234. The fraction of sp³-hybridized carbons (Fsp3) is 0.250. The van der Waals surface area contributed by atoms with Gasteiger partial charge in [0.2, 0.25) is 5.88 Å². The lowest BCUT2D eigenvalue weighted by atomic mass is 10.2. The maximum absolute atomic E-state index is 13.3. The van der Waals surface area contributed by atoms with Gasteiger partial charge in [-0.3, -0.25) is 0 Å². The molecular formula is C12H11FN4O2S. The number of nitriles is 1. The highest BCUT2D eigenvalue weighted by Gasteiger charge is 2.10. The minimum Gasteiger partial charge on any atom is -0.473 e. The standard InChI is InChI=1S/C12H11FN4O2S/c13-10-2-1-3-11(9(10)4-14)15-5-8(18)7-19-12-6-16-20-17-12/h1-3,6,8,15,18H,5,7H2. The van der Waals surface area contributed by atoms with Crippen LogP contribution < -0.4 is 10.1 Å². The van der Waals surface area contributed by atoms with E-state index in [-0.39, 0.29) is 18.7 Å². The Labute approximate surface area is 118 Å². The maximum atomic E-state index is 13.3. The van der Waals surface area contributed by atoms with Crippen molar-refractivity contribution in [2.45, 2.75) is 6.10 Å². The number of halogens is 1. The molecule has 0 saturated carbocycles. The summed E-state index contributed by atoms with van der Waals surface area (Å²) >= 11 is 1.01. The van der Waals surface area contributed by atoms with Gasteiger partial charge in [-0.1, -0.05) is 6.07 Å². The van der Waals surface area contributed by atoms with Crippen LogP contribution in [0.1, 0.15) is 5.56 Å². The van der Waals surface area contributed by atoms with Gasteiger partial charge in [-0.05, 0) is 12.1 Å². The highest BCUT2D eigenvalue weighted by Crippen LogP contribution is 2.17. The number of aliphatic hydroxyl groups is 1. The van der Waals surface area contributed by atoms with Gasteiger partial charge >= 0.3 is 0 Å². The number of ether oxygens (including phenoxy) is 1. The average molecular weight is 294 g/mol. The van der Waals surface area contributed by atoms with Crippen molar-refractivity contribution in [3.63, 3.8) is 0 Å². The third-order valence-electron chi connectivity index (χ3n) is 2.42. The summed E-state index contributed by atoms with van der Waals surface area (Å²) in [5.74, 6) is -0.255. The first-order chi connectivity index (χ1) is 9.70. The van der Waals surface area contributed by atoms with Crippen LogP contribution >= 0.6 is 11.7 Å². The second-order valence-corrected chi connectivity index (χ2v) is 4.42. The SMILES string of the molecule is N#Cc1c(F)cccc1NCC(O)COc1cnsn1. The molecule has 1 unspecified atom stereocenters. The lowest BCUT2D eigenvalue weighted by Crippen LogP contribution is -2.26. The van der Waals surface area contributed by atoms with Gasteiger partial charge in [-0.15, -0.1) is 4.37 Å². The van der Waals surface area contributed by atoms with Gasteiger partial charge in [0.1, 0.15) is 36.4 Å². The summed E-state index contributed by atoms with van der Waals surface area (Å²) in [6.45, 7) is 0.144. The monoisotopic (exact) mass is 294 g/mol. The quantitative estimate of drug-likeness (QED) is 0.837. The zero-order valence-electron chi connectivity index (χ0n) is 10.3. The van der Waals surface area contributed by atoms with Crippen LogP contribution in [-0.2, 0) is 0 Å². The summed E-state index contributed by atoms with van der Waals surface area (Å²) in [4.78, 5) is 0. The third kappa shape index (κ3) is 3.63. The van der Waals surface area contributed by atoms with Gasteiger partial charge < -0.3 is 15.2 Å². The zero-order valence-corrected chi connectivity index (χ0v) is 11.1. The van der Waals surface area contributed by atoms with Crippen molar-refractivity contribution < 1.29 is 14.2 Å². The van der Waals surface area contributed by atoms with E-state index in [2.05, 4.69) is 14.1 Å². The van der Waals surface area contributed by atoms with E-state index in [4.69, 9.17) is 10.00 Å². The zero-order chi connectivity index (χ0) is 14.4. The summed E-state index contributed by atoms with van der Waals surface area (Å²) in [5.41, 5.74) is 0.256. The number of aromatic nitrogens is 2. The van der Waals surface area contributed by atoms with Crippen LogP contribution in [0, 0.1) is 17.1 Å². The van der Waals surface area contributed by atoms with E-state index in [0.717, 1.165) is 11.7 Å². The first kappa shape index (κ1) is 14.2. The second kappa shape index (κ2) is 6.79. The number of hydrogen-bond acceptors (Lipinski definition) is 7. The molecule has 0 fully saturated rings. The molecule has 2 rings (SSSR count). The smallest absolute Gasteiger partial charge is 0.245 e. The largest absolute Gasteiger partial charge is 0.473 e. The van der Waals surface area contributed by atoms with E-state index in [1.54, 1.807) is 12.1 Å². The van der Waals surface area contributed by atoms with Crippen LogP contribution in [0.4, 0.5) is 10.1 Å². The van der Waals surface area contributed by atoms with Crippen LogP contribution in [0.15, 0.2) is 24.4 Å². The van der Waals surface area contributed by atoms with Crippen molar-refractivity contribution in [2.75, 3.05) is 18.5 Å². The van der Waals surface area contributed by atoms with Crippen LogP contribution in [0.2, 0.25) is 0 Å². The molecule has 0 aliphatic heterocycles. The number of rotatable bonds is 6. The van der Waals surface area contributed by atoms with Crippen molar-refractivity contribution in [1.29, 1.82) is 5.26 Å². The molecule has 0 aliphatic carbocycles. The van der Waals surface area contributed by atoms with Crippen molar-refractivity contribution in [1.82, 2.24) is 8.75 Å². The molecule has 0 spiro atoms. The van der Waals surface area contributed by atoms with Crippen LogP contribution in [0.3, 0.4) is 0 Å². The Kier molecular flexibility index (Phi) is 4.81. The molecule has 1 aromatic heterocycles. The molecule has 1 heterocycles. The lowest BCUT2D eigenvalue weighted by Gasteiger charge is -2.13. The van der Waals surface area contributed by atoms with E-state index in [1.165, 1.54) is 18.3 Å². The number of nitrogens with one attached hydrogen (secondary N) is 1. The van der Waals surface area contributed by atoms with E-state index in [9.17, 15) is 9.50 Å². The van der Waals surface area contributed by atoms with Gasteiger partial charge in [-0.2, -0.15) is 9.64 Å². The second-order valence-electron chi connectivity index (χ2n) is 3.87. The Balaban J connectivity index is 1.86. The number of benzene rings is 1. The molecule has 0 bridgehead atoms. The Morgan fingerprint density at radius 1 is 1.55 bits per heavy atom. The molecular weight excluding hydrogens is 283 g/mol. The fourth-order valence-corrected chi connectivity index (χ4v) is 1.84. The van der Waals surface area contributed by atoms with Gasteiger partial charge in [0.15, 0.2) is 0 Å². The summed E-state index contributed by atoms with van der Waals surface area (Å²) in [6, 6.07) is 6.04. The van der Waals surface area contributed by atoms with Crippen molar-refractivity contribution in [3.8, 4) is 11.9 Å². The molecule has 0 saturated heterocycles. The van der Waals surface area contributed by atoms with E-state index < -0.39 is 11.9 Å². The van der Waals surface area contributed by atoms with Gasteiger partial charge in [0.05, 0.1) is 17.4 Å². The van der Waals surface area contributed by atoms with Crippen LogP contribution in [0.5, 0.6) is 5.88 Å². The van der Waals surface area contributed by atoms with E-state index in [0.29, 0.717) is 11.6 Å². The van der Waals surface area contributed by atoms with Gasteiger partial charge in [0.25, 0.3) is 0 Å². The molecule has 6 nitrogen and oxygen atoms in total. The summed E-state index contributed by atoms with van der Waals surface area (Å²) in [5, 5.41) is 21.4.